The number of carbonyl (C=O) groups excluding carboxylic acids is 1. The molecular formula is C17H25N7OS. The van der Waals surface area contributed by atoms with Gasteiger partial charge < -0.3 is 20.4 Å². The van der Waals surface area contributed by atoms with Crippen molar-refractivity contribution in [3.05, 3.63) is 29.0 Å². The lowest BCUT2D eigenvalue weighted by atomic mass is 10.1. The predicted molar refractivity (Wildman–Crippen MR) is 104 cm³/mol. The highest BCUT2D eigenvalue weighted by Crippen LogP contribution is 2.18. The largest absolute Gasteiger partial charge is 0.359 e. The average Bonchev–Trinajstić information content (AvgIpc) is 3.13. The molecule has 0 spiro atoms. The normalized spacial score (nSPS) is 15.0. The molecule has 2 amide bonds. The van der Waals surface area contributed by atoms with Gasteiger partial charge in [-0.2, -0.15) is 0 Å². The van der Waals surface area contributed by atoms with Crippen LogP contribution in [0, 0.1) is 6.92 Å². The van der Waals surface area contributed by atoms with Crippen molar-refractivity contribution in [2.24, 2.45) is 0 Å². The lowest BCUT2D eigenvalue weighted by molar-refractivity contribution is 0.183. The van der Waals surface area contributed by atoms with Crippen molar-refractivity contribution in [3.63, 3.8) is 0 Å². The second kappa shape index (κ2) is 8.31. The van der Waals surface area contributed by atoms with Gasteiger partial charge in [0, 0.05) is 50.5 Å². The molecule has 0 saturated carbocycles. The van der Waals surface area contributed by atoms with Gasteiger partial charge in [-0.1, -0.05) is 0 Å². The number of urea groups is 1. The molecule has 1 fully saturated rings. The van der Waals surface area contributed by atoms with Crippen LogP contribution in [-0.2, 0) is 6.54 Å². The van der Waals surface area contributed by atoms with E-state index in [-0.39, 0.29) is 6.03 Å². The smallest absolute Gasteiger partial charge is 0.317 e. The lowest BCUT2D eigenvalue weighted by Crippen LogP contribution is -2.46. The summed E-state index contributed by atoms with van der Waals surface area (Å²) in [5.41, 5.74) is 1.71. The Bertz CT molecular complexity index is 727. The predicted octanol–water partition coefficient (Wildman–Crippen LogP) is 2.09. The third-order valence-electron chi connectivity index (χ3n) is 4.26. The highest BCUT2D eigenvalue weighted by atomic mass is 32.1. The van der Waals surface area contributed by atoms with Gasteiger partial charge in [-0.3, -0.25) is 0 Å². The molecule has 0 aliphatic carbocycles. The number of anilines is 2. The van der Waals surface area contributed by atoms with E-state index in [0.717, 1.165) is 42.5 Å². The number of hydrogen-bond donors (Lipinski definition) is 2. The monoisotopic (exact) mass is 375 g/mol. The summed E-state index contributed by atoms with van der Waals surface area (Å²) in [6.45, 7) is 3.81. The Hall–Kier alpha value is -2.42. The van der Waals surface area contributed by atoms with Gasteiger partial charge in [0.05, 0.1) is 12.2 Å². The molecule has 0 aromatic carbocycles. The van der Waals surface area contributed by atoms with E-state index in [0.29, 0.717) is 18.5 Å². The maximum Gasteiger partial charge on any atom is 0.317 e. The molecule has 3 heterocycles. The number of nitrogens with one attached hydrogen (secondary N) is 2. The Morgan fingerprint density at radius 2 is 2.12 bits per heavy atom. The Morgan fingerprint density at radius 1 is 1.35 bits per heavy atom. The molecule has 3 rings (SSSR count). The number of aryl methyl sites for hydroxylation is 1. The van der Waals surface area contributed by atoms with Crippen LogP contribution in [0.4, 0.5) is 15.9 Å². The maximum absolute atomic E-state index is 12.4. The summed E-state index contributed by atoms with van der Waals surface area (Å²) in [5, 5.41) is 9.31. The third-order valence-corrected chi connectivity index (χ3v) is 4.96. The summed E-state index contributed by atoms with van der Waals surface area (Å²) in [6.07, 6.45) is 3.64. The van der Waals surface area contributed by atoms with Crippen molar-refractivity contribution in [2.75, 3.05) is 37.4 Å². The first-order valence-electron chi connectivity index (χ1n) is 8.72. The van der Waals surface area contributed by atoms with E-state index in [1.807, 2.05) is 42.3 Å². The highest BCUT2D eigenvalue weighted by molar-refractivity contribution is 7.13. The highest BCUT2D eigenvalue weighted by Gasteiger charge is 2.23. The Balaban J connectivity index is 1.47. The number of nitrogens with zero attached hydrogens (tertiary/aromatic N) is 5. The Kier molecular flexibility index (Phi) is 5.87. The van der Waals surface area contributed by atoms with Crippen LogP contribution in [0.25, 0.3) is 0 Å². The van der Waals surface area contributed by atoms with Crippen LogP contribution in [0.3, 0.4) is 0 Å². The van der Waals surface area contributed by atoms with Crippen molar-refractivity contribution in [1.82, 2.24) is 25.2 Å². The molecule has 140 valence electrons. The molecule has 0 radical (unpaired) electrons. The molecule has 9 heteroatoms. The van der Waals surface area contributed by atoms with E-state index in [1.54, 1.807) is 17.5 Å². The van der Waals surface area contributed by atoms with Crippen LogP contribution in [0.2, 0.25) is 0 Å². The molecular weight excluding hydrogens is 350 g/mol. The van der Waals surface area contributed by atoms with Crippen LogP contribution in [-0.4, -0.2) is 59.1 Å². The molecule has 1 saturated heterocycles. The number of aromatic nitrogens is 3. The first-order chi connectivity index (χ1) is 12.5. The first kappa shape index (κ1) is 18.4. The van der Waals surface area contributed by atoms with Crippen LogP contribution in [0.15, 0.2) is 17.6 Å². The Morgan fingerprint density at radius 3 is 2.77 bits per heavy atom. The number of amides is 2. The molecule has 1 aliphatic heterocycles. The average molecular weight is 376 g/mol. The summed E-state index contributed by atoms with van der Waals surface area (Å²) >= 11 is 1.60. The quantitative estimate of drug-likeness (QED) is 0.832. The zero-order chi connectivity index (χ0) is 18.5. The van der Waals surface area contributed by atoms with Crippen LogP contribution < -0.4 is 15.5 Å². The number of likely N-dealkylation sites (tertiary alicyclic amines) is 1. The van der Waals surface area contributed by atoms with E-state index in [1.165, 1.54) is 0 Å². The van der Waals surface area contributed by atoms with Crippen molar-refractivity contribution in [1.29, 1.82) is 0 Å². The van der Waals surface area contributed by atoms with E-state index < -0.39 is 0 Å². The minimum atomic E-state index is -0.0413. The van der Waals surface area contributed by atoms with Crippen molar-refractivity contribution in [2.45, 2.75) is 32.4 Å². The van der Waals surface area contributed by atoms with E-state index in [4.69, 9.17) is 0 Å². The second-order valence-electron chi connectivity index (χ2n) is 6.60. The lowest BCUT2D eigenvalue weighted by Gasteiger charge is -2.32. The third kappa shape index (κ3) is 4.81. The molecule has 26 heavy (non-hydrogen) atoms. The molecule has 0 atom stereocenters. The zero-order valence-electron chi connectivity index (χ0n) is 15.4. The SMILES string of the molecule is Cc1cc(CNC(=O)N2CCC(Nc3nccs3)CC2)nc(N(C)C)n1. The summed E-state index contributed by atoms with van der Waals surface area (Å²) in [6, 6.07) is 2.23. The van der Waals surface area contributed by atoms with E-state index in [2.05, 4.69) is 25.6 Å². The summed E-state index contributed by atoms with van der Waals surface area (Å²) in [7, 11) is 3.81. The van der Waals surface area contributed by atoms with Gasteiger partial charge in [-0.05, 0) is 25.8 Å². The van der Waals surface area contributed by atoms with Gasteiger partial charge in [0.1, 0.15) is 0 Å². The Labute approximate surface area is 157 Å². The van der Waals surface area contributed by atoms with Gasteiger partial charge >= 0.3 is 6.03 Å². The fraction of sp³-hybridized carbons (Fsp3) is 0.529. The standard InChI is InChI=1S/C17H25N7OS/c1-12-10-14(21-15(20-12)23(2)3)11-19-17(25)24-7-4-13(5-8-24)22-16-18-6-9-26-16/h6,9-10,13H,4-5,7-8,11H2,1-3H3,(H,18,22)(H,19,25). The number of hydrogen-bond acceptors (Lipinski definition) is 7. The van der Waals surface area contributed by atoms with Gasteiger partial charge in [-0.25, -0.2) is 19.7 Å². The molecule has 2 aromatic rings. The van der Waals surface area contributed by atoms with Gasteiger partial charge in [-0.15, -0.1) is 11.3 Å². The number of piperidine rings is 1. The minimum Gasteiger partial charge on any atom is -0.359 e. The summed E-state index contributed by atoms with van der Waals surface area (Å²) < 4.78 is 0. The van der Waals surface area contributed by atoms with Crippen molar-refractivity contribution >= 4 is 28.4 Å². The second-order valence-corrected chi connectivity index (χ2v) is 7.49. The van der Waals surface area contributed by atoms with Crippen molar-refractivity contribution < 1.29 is 4.79 Å². The molecule has 0 bridgehead atoms. The van der Waals surface area contributed by atoms with Crippen molar-refractivity contribution in [3.8, 4) is 0 Å². The fourth-order valence-corrected chi connectivity index (χ4v) is 3.49. The summed E-state index contributed by atoms with van der Waals surface area (Å²) in [5.74, 6) is 0.656. The molecule has 8 nitrogen and oxygen atoms in total. The maximum atomic E-state index is 12.4. The number of rotatable bonds is 5. The number of thiazole rings is 1. The molecule has 1 aliphatic rings. The van der Waals surface area contributed by atoms with E-state index >= 15 is 0 Å². The fourth-order valence-electron chi connectivity index (χ4n) is 2.88. The zero-order valence-corrected chi connectivity index (χ0v) is 16.2. The van der Waals surface area contributed by atoms with Gasteiger partial charge in [0.15, 0.2) is 5.13 Å². The molecule has 2 aromatic heterocycles. The van der Waals surface area contributed by atoms with E-state index in [9.17, 15) is 4.79 Å². The van der Waals surface area contributed by atoms with Gasteiger partial charge in [0.25, 0.3) is 0 Å². The number of carbonyl (C=O) groups is 1. The van der Waals surface area contributed by atoms with Gasteiger partial charge in [0.2, 0.25) is 5.95 Å². The van der Waals surface area contributed by atoms with Crippen LogP contribution >= 0.6 is 11.3 Å². The molecule has 2 N–H and O–H groups in total. The minimum absolute atomic E-state index is 0.0413. The topological polar surface area (TPSA) is 86.3 Å². The molecule has 0 unspecified atom stereocenters. The van der Waals surface area contributed by atoms with Crippen LogP contribution in [0.1, 0.15) is 24.2 Å². The summed E-state index contributed by atoms with van der Waals surface area (Å²) in [4.78, 5) is 29.2. The van der Waals surface area contributed by atoms with Crippen LogP contribution in [0.5, 0.6) is 0 Å². The first-order valence-corrected chi connectivity index (χ1v) is 9.60.